The molecule has 0 bridgehead atoms. The number of carbonyl (C=O) groups excluding carboxylic acids is 1. The van der Waals surface area contributed by atoms with E-state index in [2.05, 4.69) is 0 Å². The fraction of sp³-hybridized carbons (Fsp3) is 0.300. The van der Waals surface area contributed by atoms with Gasteiger partial charge in [-0.3, -0.25) is 14.9 Å². The van der Waals surface area contributed by atoms with Gasteiger partial charge in [0.15, 0.2) is 6.10 Å². The largest absolute Gasteiger partial charge is 0.451 e. The smallest absolute Gasteiger partial charge is 0.303 e. The minimum atomic E-state index is -0.807. The van der Waals surface area contributed by atoms with Gasteiger partial charge in [-0.05, 0) is 5.56 Å². The molecule has 1 aromatic carbocycles. The van der Waals surface area contributed by atoms with Crippen LogP contribution in [0.4, 0.5) is 0 Å². The second kappa shape index (κ2) is 5.09. The SMILES string of the molecule is CC(=O)OC(C[N+](=O)[O-])c1ccccc1. The Bertz CT molecular complexity index is 334. The lowest BCUT2D eigenvalue weighted by Crippen LogP contribution is -2.17. The molecule has 5 nitrogen and oxygen atoms in total. The number of esters is 1. The maximum Gasteiger partial charge on any atom is 0.303 e. The zero-order valence-electron chi connectivity index (χ0n) is 8.25. The first-order valence-electron chi connectivity index (χ1n) is 4.43. The maximum absolute atomic E-state index is 10.8. The number of ether oxygens (including phenoxy) is 1. The molecule has 1 aromatic rings. The Labute approximate surface area is 86.8 Å². The molecule has 1 atom stereocenters. The van der Waals surface area contributed by atoms with Crippen LogP contribution in [-0.2, 0) is 9.53 Å². The van der Waals surface area contributed by atoms with Gasteiger partial charge < -0.3 is 4.74 Å². The van der Waals surface area contributed by atoms with Gasteiger partial charge in [0.05, 0.1) is 0 Å². The second-order valence-electron chi connectivity index (χ2n) is 3.02. The van der Waals surface area contributed by atoms with E-state index >= 15 is 0 Å². The Morgan fingerprint density at radius 1 is 1.47 bits per heavy atom. The van der Waals surface area contributed by atoms with Crippen molar-refractivity contribution in [3.63, 3.8) is 0 Å². The van der Waals surface area contributed by atoms with Gasteiger partial charge in [-0.15, -0.1) is 0 Å². The standard InChI is InChI=1S/C10H11NO4/c1-8(12)15-10(7-11(13)14)9-5-3-2-4-6-9/h2-6,10H,7H2,1H3. The van der Waals surface area contributed by atoms with Crippen molar-refractivity contribution in [3.05, 3.63) is 46.0 Å². The van der Waals surface area contributed by atoms with Crippen molar-refractivity contribution in [3.8, 4) is 0 Å². The first-order chi connectivity index (χ1) is 7.09. The number of nitro groups is 1. The van der Waals surface area contributed by atoms with E-state index in [1.807, 2.05) is 0 Å². The highest BCUT2D eigenvalue weighted by Crippen LogP contribution is 2.17. The van der Waals surface area contributed by atoms with Crippen LogP contribution in [0.3, 0.4) is 0 Å². The summed E-state index contributed by atoms with van der Waals surface area (Å²) < 4.78 is 4.87. The number of benzene rings is 1. The Morgan fingerprint density at radius 3 is 2.53 bits per heavy atom. The molecule has 1 rings (SSSR count). The zero-order valence-corrected chi connectivity index (χ0v) is 8.25. The second-order valence-corrected chi connectivity index (χ2v) is 3.02. The molecular formula is C10H11NO4. The van der Waals surface area contributed by atoms with Gasteiger partial charge in [0, 0.05) is 11.8 Å². The summed E-state index contributed by atoms with van der Waals surface area (Å²) in [6.07, 6.45) is -0.807. The molecule has 15 heavy (non-hydrogen) atoms. The molecular weight excluding hydrogens is 198 g/mol. The summed E-state index contributed by atoms with van der Waals surface area (Å²) in [6.45, 7) is 0.819. The molecule has 0 aliphatic carbocycles. The van der Waals surface area contributed by atoms with Crippen molar-refractivity contribution in [2.75, 3.05) is 6.54 Å². The molecule has 0 saturated heterocycles. The summed E-state index contributed by atoms with van der Waals surface area (Å²) in [6, 6.07) is 8.66. The summed E-state index contributed by atoms with van der Waals surface area (Å²) in [4.78, 5) is 20.6. The van der Waals surface area contributed by atoms with E-state index in [0.29, 0.717) is 5.56 Å². The third kappa shape index (κ3) is 3.76. The van der Waals surface area contributed by atoms with E-state index < -0.39 is 23.5 Å². The molecule has 5 heteroatoms. The minimum absolute atomic E-state index is 0.413. The van der Waals surface area contributed by atoms with E-state index in [4.69, 9.17) is 4.74 Å². The molecule has 0 spiro atoms. The van der Waals surface area contributed by atoms with Crippen LogP contribution < -0.4 is 0 Å². The summed E-state index contributed by atoms with van der Waals surface area (Å²) in [5, 5.41) is 10.4. The molecule has 0 saturated carbocycles. The van der Waals surface area contributed by atoms with Crippen LogP contribution in [0, 0.1) is 10.1 Å². The molecule has 0 fully saturated rings. The van der Waals surface area contributed by atoms with E-state index in [1.54, 1.807) is 30.3 Å². The van der Waals surface area contributed by atoms with Crippen LogP contribution in [0.1, 0.15) is 18.6 Å². The monoisotopic (exact) mass is 209 g/mol. The van der Waals surface area contributed by atoms with Crippen molar-refractivity contribution in [2.45, 2.75) is 13.0 Å². The van der Waals surface area contributed by atoms with Crippen LogP contribution in [0.25, 0.3) is 0 Å². The topological polar surface area (TPSA) is 69.4 Å². The van der Waals surface area contributed by atoms with Gasteiger partial charge in [-0.2, -0.15) is 0 Å². The van der Waals surface area contributed by atoms with Crippen molar-refractivity contribution in [1.82, 2.24) is 0 Å². The third-order valence-electron chi connectivity index (χ3n) is 1.79. The van der Waals surface area contributed by atoms with Crippen LogP contribution >= 0.6 is 0 Å². The van der Waals surface area contributed by atoms with Crippen molar-refractivity contribution in [2.24, 2.45) is 0 Å². The van der Waals surface area contributed by atoms with Crippen LogP contribution in [0.2, 0.25) is 0 Å². The van der Waals surface area contributed by atoms with Gasteiger partial charge in [-0.1, -0.05) is 30.3 Å². The fourth-order valence-electron chi connectivity index (χ4n) is 1.21. The number of rotatable bonds is 4. The Hall–Kier alpha value is -1.91. The predicted molar refractivity (Wildman–Crippen MR) is 52.8 cm³/mol. The third-order valence-corrected chi connectivity index (χ3v) is 1.79. The molecule has 0 aliphatic rings. The molecule has 0 aliphatic heterocycles. The normalized spacial score (nSPS) is 11.8. The predicted octanol–water partition coefficient (Wildman–Crippen LogP) is 1.57. The van der Waals surface area contributed by atoms with E-state index in [-0.39, 0.29) is 0 Å². The van der Waals surface area contributed by atoms with Crippen LogP contribution in [-0.4, -0.2) is 17.4 Å². The van der Waals surface area contributed by atoms with Crippen LogP contribution in [0.5, 0.6) is 0 Å². The maximum atomic E-state index is 10.8. The lowest BCUT2D eigenvalue weighted by molar-refractivity contribution is -0.491. The van der Waals surface area contributed by atoms with Crippen molar-refractivity contribution < 1.29 is 14.5 Å². The fourth-order valence-corrected chi connectivity index (χ4v) is 1.21. The lowest BCUT2D eigenvalue weighted by Gasteiger charge is -2.12. The highest BCUT2D eigenvalue weighted by molar-refractivity contribution is 5.66. The lowest BCUT2D eigenvalue weighted by atomic mass is 10.1. The average molecular weight is 209 g/mol. The Kier molecular flexibility index (Phi) is 3.79. The summed E-state index contributed by atoms with van der Waals surface area (Å²) in [5.74, 6) is -0.522. The molecule has 0 aromatic heterocycles. The average Bonchev–Trinajstić information content (AvgIpc) is 2.17. The number of hydrogen-bond donors (Lipinski definition) is 0. The number of nitrogens with zero attached hydrogens (tertiary/aromatic N) is 1. The highest BCUT2D eigenvalue weighted by Gasteiger charge is 2.20. The number of carbonyl (C=O) groups is 1. The van der Waals surface area contributed by atoms with Gasteiger partial charge in [0.1, 0.15) is 0 Å². The highest BCUT2D eigenvalue weighted by atomic mass is 16.6. The van der Waals surface area contributed by atoms with Gasteiger partial charge in [-0.25, -0.2) is 0 Å². The minimum Gasteiger partial charge on any atom is -0.451 e. The molecule has 1 unspecified atom stereocenters. The molecule has 0 radical (unpaired) electrons. The zero-order chi connectivity index (χ0) is 11.3. The van der Waals surface area contributed by atoms with E-state index in [9.17, 15) is 14.9 Å². The van der Waals surface area contributed by atoms with Gasteiger partial charge in [0.25, 0.3) is 0 Å². The van der Waals surface area contributed by atoms with E-state index in [1.165, 1.54) is 6.92 Å². The van der Waals surface area contributed by atoms with Crippen LogP contribution in [0.15, 0.2) is 30.3 Å². The summed E-state index contributed by atoms with van der Waals surface area (Å²) in [5.41, 5.74) is 0.629. The van der Waals surface area contributed by atoms with E-state index in [0.717, 1.165) is 0 Å². The quantitative estimate of drug-likeness (QED) is 0.428. The van der Waals surface area contributed by atoms with Crippen molar-refractivity contribution >= 4 is 5.97 Å². The first kappa shape index (κ1) is 11.2. The molecule has 0 N–H and O–H groups in total. The first-order valence-corrected chi connectivity index (χ1v) is 4.43. The number of hydrogen-bond acceptors (Lipinski definition) is 4. The molecule has 0 heterocycles. The Balaban J connectivity index is 2.81. The molecule has 80 valence electrons. The van der Waals surface area contributed by atoms with Gasteiger partial charge in [0.2, 0.25) is 6.54 Å². The summed E-state index contributed by atoms with van der Waals surface area (Å²) >= 11 is 0. The Morgan fingerprint density at radius 2 is 2.07 bits per heavy atom. The molecule has 0 amide bonds. The van der Waals surface area contributed by atoms with Gasteiger partial charge >= 0.3 is 5.97 Å². The summed E-state index contributed by atoms with van der Waals surface area (Å²) in [7, 11) is 0. The van der Waals surface area contributed by atoms with Crippen molar-refractivity contribution in [1.29, 1.82) is 0 Å².